The van der Waals surface area contributed by atoms with Crippen LogP contribution in [0.3, 0.4) is 0 Å². The van der Waals surface area contributed by atoms with Gasteiger partial charge in [0, 0.05) is 6.04 Å². The summed E-state index contributed by atoms with van der Waals surface area (Å²) >= 11 is 0. The Balaban J connectivity index is 3.48. The third-order valence-corrected chi connectivity index (χ3v) is 2.32. The topological polar surface area (TPSA) is 35.8 Å². The predicted molar refractivity (Wildman–Crippen MR) is 51.7 cm³/mol. The van der Waals surface area contributed by atoms with Crippen molar-refractivity contribution in [3.05, 3.63) is 0 Å². The van der Waals surface area contributed by atoms with Crippen LogP contribution in [-0.2, 0) is 0 Å². The summed E-state index contributed by atoms with van der Waals surface area (Å²) in [5.74, 6) is 1.40. The molecular formula is C10H20N2. The lowest BCUT2D eigenvalue weighted by atomic mass is 9.98. The molecule has 0 aliphatic carbocycles. The van der Waals surface area contributed by atoms with Crippen molar-refractivity contribution in [2.45, 2.75) is 40.2 Å². The molecule has 0 saturated carbocycles. The number of nitrogens with zero attached hydrogens (tertiary/aromatic N) is 1. The predicted octanol–water partition coefficient (Wildman–Crippen LogP) is 2.17. The van der Waals surface area contributed by atoms with Crippen molar-refractivity contribution in [3.8, 4) is 6.07 Å². The highest BCUT2D eigenvalue weighted by molar-refractivity contribution is 4.77. The van der Waals surface area contributed by atoms with Crippen LogP contribution in [0.2, 0.25) is 0 Å². The zero-order valence-corrected chi connectivity index (χ0v) is 8.59. The molecule has 1 N–H and O–H groups in total. The highest BCUT2D eigenvalue weighted by atomic mass is 14.9. The molecule has 0 aliphatic heterocycles. The third-order valence-electron chi connectivity index (χ3n) is 2.32. The summed E-state index contributed by atoms with van der Waals surface area (Å²) in [6.07, 6.45) is 0.602. The van der Waals surface area contributed by atoms with E-state index in [9.17, 15) is 0 Å². The van der Waals surface area contributed by atoms with Gasteiger partial charge in [0.15, 0.2) is 0 Å². The molecule has 0 aromatic rings. The number of nitriles is 1. The number of rotatable bonds is 5. The molecule has 0 radical (unpaired) electrons. The lowest BCUT2D eigenvalue weighted by molar-refractivity contribution is 0.374. The molecule has 2 unspecified atom stereocenters. The molecule has 0 aromatic carbocycles. The van der Waals surface area contributed by atoms with E-state index < -0.39 is 0 Å². The first-order valence-electron chi connectivity index (χ1n) is 4.68. The summed E-state index contributed by atoms with van der Waals surface area (Å²) in [6.45, 7) is 9.75. The molecule has 0 rings (SSSR count). The first-order chi connectivity index (χ1) is 5.57. The molecule has 0 heterocycles. The lowest BCUT2D eigenvalue weighted by Crippen LogP contribution is -2.31. The van der Waals surface area contributed by atoms with Gasteiger partial charge in [0.1, 0.15) is 0 Å². The van der Waals surface area contributed by atoms with Gasteiger partial charge >= 0.3 is 0 Å². The van der Waals surface area contributed by atoms with Crippen LogP contribution < -0.4 is 5.32 Å². The van der Waals surface area contributed by atoms with Gasteiger partial charge in [0.25, 0.3) is 0 Å². The highest BCUT2D eigenvalue weighted by Gasteiger charge is 2.08. The van der Waals surface area contributed by atoms with Gasteiger partial charge in [-0.2, -0.15) is 5.26 Å². The summed E-state index contributed by atoms with van der Waals surface area (Å²) in [4.78, 5) is 0. The summed E-state index contributed by atoms with van der Waals surface area (Å²) in [5.41, 5.74) is 0. The molecule has 2 atom stereocenters. The van der Waals surface area contributed by atoms with Gasteiger partial charge in [-0.15, -0.1) is 0 Å². The molecule has 2 heteroatoms. The van der Waals surface area contributed by atoms with Gasteiger partial charge in [-0.05, 0) is 25.3 Å². The number of hydrogen-bond acceptors (Lipinski definition) is 2. The van der Waals surface area contributed by atoms with Crippen LogP contribution in [0.4, 0.5) is 0 Å². The van der Waals surface area contributed by atoms with Crippen molar-refractivity contribution in [3.63, 3.8) is 0 Å². The SMILES string of the molecule is CC(CC#N)NCC(C)C(C)C. The first kappa shape index (κ1) is 11.4. The molecule has 0 aromatic heterocycles. The number of hydrogen-bond donors (Lipinski definition) is 1. The van der Waals surface area contributed by atoms with Crippen LogP contribution in [0.15, 0.2) is 0 Å². The molecule has 0 fully saturated rings. The second kappa shape index (κ2) is 6.02. The smallest absolute Gasteiger partial charge is 0.0638 e. The van der Waals surface area contributed by atoms with Crippen molar-refractivity contribution in [1.29, 1.82) is 5.26 Å². The van der Waals surface area contributed by atoms with E-state index in [1.807, 2.05) is 0 Å². The summed E-state index contributed by atoms with van der Waals surface area (Å²) < 4.78 is 0. The molecule has 0 amide bonds. The van der Waals surface area contributed by atoms with Crippen LogP contribution in [0.1, 0.15) is 34.1 Å². The highest BCUT2D eigenvalue weighted by Crippen LogP contribution is 2.07. The fraction of sp³-hybridized carbons (Fsp3) is 0.900. The second-order valence-electron chi connectivity index (χ2n) is 3.89. The molecule has 0 bridgehead atoms. The largest absolute Gasteiger partial charge is 0.313 e. The van der Waals surface area contributed by atoms with E-state index >= 15 is 0 Å². The maximum absolute atomic E-state index is 8.42. The van der Waals surface area contributed by atoms with Crippen LogP contribution in [0, 0.1) is 23.2 Å². The van der Waals surface area contributed by atoms with Crippen LogP contribution >= 0.6 is 0 Å². The monoisotopic (exact) mass is 168 g/mol. The van der Waals surface area contributed by atoms with Crippen LogP contribution in [0.25, 0.3) is 0 Å². The second-order valence-corrected chi connectivity index (χ2v) is 3.89. The summed E-state index contributed by atoms with van der Waals surface area (Å²) in [6, 6.07) is 2.49. The minimum absolute atomic E-state index is 0.330. The maximum atomic E-state index is 8.42. The van der Waals surface area contributed by atoms with E-state index in [0.29, 0.717) is 24.3 Å². The maximum Gasteiger partial charge on any atom is 0.0638 e. The Morgan fingerprint density at radius 3 is 2.25 bits per heavy atom. The van der Waals surface area contributed by atoms with E-state index in [2.05, 4.69) is 39.1 Å². The molecule has 12 heavy (non-hydrogen) atoms. The quantitative estimate of drug-likeness (QED) is 0.683. The molecule has 0 spiro atoms. The Bertz CT molecular complexity index is 146. The Morgan fingerprint density at radius 2 is 1.83 bits per heavy atom. The summed E-state index contributed by atoms with van der Waals surface area (Å²) in [5, 5.41) is 11.8. The van der Waals surface area contributed by atoms with E-state index in [-0.39, 0.29) is 0 Å². The van der Waals surface area contributed by atoms with Crippen molar-refractivity contribution in [2.24, 2.45) is 11.8 Å². The van der Waals surface area contributed by atoms with Gasteiger partial charge in [-0.1, -0.05) is 20.8 Å². The van der Waals surface area contributed by atoms with Crippen molar-refractivity contribution in [1.82, 2.24) is 5.32 Å². The van der Waals surface area contributed by atoms with Gasteiger partial charge < -0.3 is 5.32 Å². The van der Waals surface area contributed by atoms with Gasteiger partial charge in [0.05, 0.1) is 12.5 Å². The Morgan fingerprint density at radius 1 is 1.25 bits per heavy atom. The summed E-state index contributed by atoms with van der Waals surface area (Å²) in [7, 11) is 0. The fourth-order valence-electron chi connectivity index (χ4n) is 0.832. The average Bonchev–Trinajstić information content (AvgIpc) is 2.00. The fourth-order valence-corrected chi connectivity index (χ4v) is 0.832. The number of nitrogens with one attached hydrogen (secondary N) is 1. The van der Waals surface area contributed by atoms with Crippen molar-refractivity contribution in [2.75, 3.05) is 6.54 Å². The minimum Gasteiger partial charge on any atom is -0.313 e. The molecule has 2 nitrogen and oxygen atoms in total. The van der Waals surface area contributed by atoms with Gasteiger partial charge in [-0.25, -0.2) is 0 Å². The Labute approximate surface area is 76.0 Å². The average molecular weight is 168 g/mol. The molecule has 0 saturated heterocycles. The Hall–Kier alpha value is -0.550. The van der Waals surface area contributed by atoms with Crippen LogP contribution in [0.5, 0.6) is 0 Å². The molecule has 70 valence electrons. The zero-order chi connectivity index (χ0) is 9.56. The van der Waals surface area contributed by atoms with E-state index in [0.717, 1.165) is 6.54 Å². The van der Waals surface area contributed by atoms with E-state index in [1.54, 1.807) is 0 Å². The molecule has 0 aliphatic rings. The van der Waals surface area contributed by atoms with Gasteiger partial charge in [-0.3, -0.25) is 0 Å². The van der Waals surface area contributed by atoms with E-state index in [4.69, 9.17) is 5.26 Å². The standard InChI is InChI=1S/C10H20N2/c1-8(2)9(3)7-12-10(4)5-6-11/h8-10,12H,5,7H2,1-4H3. The lowest BCUT2D eigenvalue weighted by Gasteiger charge is -2.18. The normalized spacial score (nSPS) is 15.7. The van der Waals surface area contributed by atoms with E-state index in [1.165, 1.54) is 0 Å². The van der Waals surface area contributed by atoms with Gasteiger partial charge in [0.2, 0.25) is 0 Å². The Kier molecular flexibility index (Phi) is 5.74. The van der Waals surface area contributed by atoms with Crippen LogP contribution in [-0.4, -0.2) is 12.6 Å². The molecular weight excluding hydrogens is 148 g/mol. The third kappa shape index (κ3) is 5.15. The minimum atomic E-state index is 0.330. The van der Waals surface area contributed by atoms with Crippen molar-refractivity contribution >= 4 is 0 Å². The zero-order valence-electron chi connectivity index (χ0n) is 8.59. The van der Waals surface area contributed by atoms with Crippen molar-refractivity contribution < 1.29 is 0 Å². The first-order valence-corrected chi connectivity index (χ1v) is 4.68.